The smallest absolute Gasteiger partial charge is 0.230 e. The fourth-order valence-corrected chi connectivity index (χ4v) is 7.88. The quantitative estimate of drug-likeness (QED) is 0.175. The predicted octanol–water partition coefficient (Wildman–Crippen LogP) is 14.4. The van der Waals surface area contributed by atoms with Crippen LogP contribution in [0.25, 0.3) is 78.0 Å². The van der Waals surface area contributed by atoms with Crippen molar-refractivity contribution >= 4 is 22.0 Å². The fraction of sp³-hybridized carbons (Fsp3) is 0.245. The molecule has 8 rings (SSSR count). The molecular weight excluding hydrogens is 892 g/mol. The summed E-state index contributed by atoms with van der Waals surface area (Å²) in [6, 6.07) is 44.1. The number of phenolic OH excluding ortho intramolecular Hbond substituents is 1. The number of hydrogen-bond acceptors (Lipinski definition) is 4. The van der Waals surface area contributed by atoms with Gasteiger partial charge in [-0.1, -0.05) is 158 Å². The molecule has 0 saturated carbocycles. The molecule has 0 aliphatic carbocycles. The first-order chi connectivity index (χ1) is 27.0. The monoisotopic (exact) mass is 942 g/mol. The summed E-state index contributed by atoms with van der Waals surface area (Å²) in [5.74, 6) is 0.500. The average Bonchev–Trinajstić information content (AvgIpc) is 3.61. The van der Waals surface area contributed by atoms with Gasteiger partial charge in [0.25, 0.3) is 0 Å². The van der Waals surface area contributed by atoms with Crippen LogP contribution in [-0.2, 0) is 37.3 Å². The Morgan fingerprint density at radius 2 is 1.16 bits per heavy atom. The standard InChI is InChI=1S/C53H51N2O2.Pt/c1-32-41-17-14-24-54-48(41)43(31-45(32)53(8,9)10)38-26-35(33-15-12-11-13-16-33)25-37(27-38)42-28-36(34-18-20-39(21-19-34)51(2,3)4)29-47-49(42)55-50(57-47)44-30-40(52(5,6)7)22-23-46(44)56;/h11-26,28-31,56H,1-10H3;/q-1;. The molecule has 0 aliphatic heterocycles. The Bertz CT molecular complexity index is 2800. The van der Waals surface area contributed by atoms with Crippen molar-refractivity contribution in [2.24, 2.45) is 0 Å². The molecule has 0 saturated heterocycles. The van der Waals surface area contributed by atoms with E-state index in [-0.39, 0.29) is 43.1 Å². The molecule has 1 N–H and O–H groups in total. The van der Waals surface area contributed by atoms with Crippen molar-refractivity contribution in [1.82, 2.24) is 9.97 Å². The van der Waals surface area contributed by atoms with Gasteiger partial charge in [-0.05, 0) is 91.8 Å². The minimum Gasteiger partial charge on any atom is -0.507 e. The Morgan fingerprint density at radius 1 is 0.552 bits per heavy atom. The van der Waals surface area contributed by atoms with E-state index in [1.54, 1.807) is 6.07 Å². The van der Waals surface area contributed by atoms with Crippen LogP contribution in [0.15, 0.2) is 126 Å². The minimum absolute atomic E-state index is 0. The van der Waals surface area contributed by atoms with Crippen LogP contribution in [0, 0.1) is 13.0 Å². The average molecular weight is 943 g/mol. The van der Waals surface area contributed by atoms with Crippen molar-refractivity contribution in [2.45, 2.75) is 85.5 Å². The molecule has 2 aromatic heterocycles. The maximum Gasteiger partial charge on any atom is 0.230 e. The third-order valence-corrected chi connectivity index (χ3v) is 11.2. The number of phenols is 1. The summed E-state index contributed by atoms with van der Waals surface area (Å²) in [4.78, 5) is 10.2. The van der Waals surface area contributed by atoms with E-state index < -0.39 is 0 Å². The molecule has 296 valence electrons. The first-order valence-electron chi connectivity index (χ1n) is 19.9. The minimum atomic E-state index is -0.128. The first kappa shape index (κ1) is 40.9. The summed E-state index contributed by atoms with van der Waals surface area (Å²) in [6.45, 7) is 22.2. The second-order valence-corrected chi connectivity index (χ2v) is 18.5. The zero-order chi connectivity index (χ0) is 40.4. The molecule has 0 atom stereocenters. The number of aromatic hydroxyl groups is 1. The van der Waals surface area contributed by atoms with Crippen molar-refractivity contribution in [3.8, 4) is 61.7 Å². The topological polar surface area (TPSA) is 59.2 Å². The van der Waals surface area contributed by atoms with E-state index >= 15 is 0 Å². The Labute approximate surface area is 357 Å². The van der Waals surface area contributed by atoms with Crippen molar-refractivity contribution < 1.29 is 30.6 Å². The molecule has 0 bridgehead atoms. The van der Waals surface area contributed by atoms with Crippen LogP contribution in [0.2, 0.25) is 0 Å². The predicted molar refractivity (Wildman–Crippen MR) is 238 cm³/mol. The van der Waals surface area contributed by atoms with Crippen molar-refractivity contribution in [2.75, 3.05) is 0 Å². The Balaban J connectivity index is 0.00000512. The van der Waals surface area contributed by atoms with Crippen LogP contribution in [-0.4, -0.2) is 15.1 Å². The van der Waals surface area contributed by atoms with Crippen molar-refractivity contribution in [3.63, 3.8) is 0 Å². The first-order valence-corrected chi connectivity index (χ1v) is 19.9. The molecule has 2 heterocycles. The molecule has 4 nitrogen and oxygen atoms in total. The van der Waals surface area contributed by atoms with Crippen molar-refractivity contribution in [3.05, 3.63) is 150 Å². The molecule has 58 heavy (non-hydrogen) atoms. The Hall–Kier alpha value is -5.31. The zero-order valence-electron chi connectivity index (χ0n) is 35.1. The maximum absolute atomic E-state index is 11.2. The van der Waals surface area contributed by atoms with Gasteiger partial charge in [0.2, 0.25) is 5.89 Å². The number of aromatic nitrogens is 2. The van der Waals surface area contributed by atoms with Gasteiger partial charge >= 0.3 is 0 Å². The molecule has 0 fully saturated rings. The molecule has 6 aromatic carbocycles. The Morgan fingerprint density at radius 3 is 1.79 bits per heavy atom. The van der Waals surface area contributed by atoms with Crippen molar-refractivity contribution in [1.29, 1.82) is 0 Å². The molecule has 0 amide bonds. The number of nitrogens with zero attached hydrogens (tertiary/aromatic N) is 2. The zero-order valence-corrected chi connectivity index (χ0v) is 37.4. The van der Waals surface area contributed by atoms with Gasteiger partial charge in [-0.2, -0.15) is 0 Å². The second kappa shape index (κ2) is 15.1. The third kappa shape index (κ3) is 7.80. The number of rotatable bonds is 5. The van der Waals surface area contributed by atoms with E-state index in [0.29, 0.717) is 22.6 Å². The Kier molecular flexibility index (Phi) is 10.7. The van der Waals surface area contributed by atoms with E-state index in [9.17, 15) is 5.11 Å². The summed E-state index contributed by atoms with van der Waals surface area (Å²) >= 11 is 0. The van der Waals surface area contributed by atoms with Gasteiger partial charge in [0.05, 0.1) is 11.1 Å². The number of pyridine rings is 1. The summed E-state index contributed by atoms with van der Waals surface area (Å²) in [7, 11) is 0. The second-order valence-electron chi connectivity index (χ2n) is 18.5. The van der Waals surface area contributed by atoms with Gasteiger partial charge in [-0.25, -0.2) is 4.98 Å². The SMILES string of the molecule is Cc1c(C(C)(C)C)cc(-c2[c-]c(-c3cc(-c4ccc(C(C)(C)C)cc4)cc4oc(-c5cc(C(C)(C)C)ccc5O)nc34)cc(-c3ccccc3)c2)c2ncccc12.[Pt]. The van der Waals surface area contributed by atoms with Gasteiger partial charge < -0.3 is 9.52 Å². The van der Waals surface area contributed by atoms with Crippen LogP contribution < -0.4 is 0 Å². The van der Waals surface area contributed by atoms with Gasteiger partial charge in [0.15, 0.2) is 0 Å². The van der Waals surface area contributed by atoms with Crippen LogP contribution in [0.5, 0.6) is 5.75 Å². The van der Waals surface area contributed by atoms with Gasteiger partial charge in [0, 0.05) is 32.8 Å². The van der Waals surface area contributed by atoms with Gasteiger partial charge in [-0.3, -0.25) is 4.98 Å². The van der Waals surface area contributed by atoms with E-state index in [0.717, 1.165) is 61.0 Å². The summed E-state index contributed by atoms with van der Waals surface area (Å²) < 4.78 is 6.66. The summed E-state index contributed by atoms with van der Waals surface area (Å²) in [6.07, 6.45) is 1.88. The summed E-state index contributed by atoms with van der Waals surface area (Å²) in [5.41, 5.74) is 15.6. The van der Waals surface area contributed by atoms with Crippen LogP contribution >= 0.6 is 0 Å². The van der Waals surface area contributed by atoms with Crippen LogP contribution in [0.4, 0.5) is 0 Å². The summed E-state index contributed by atoms with van der Waals surface area (Å²) in [5, 5.41) is 12.3. The molecule has 0 unspecified atom stereocenters. The fourth-order valence-electron chi connectivity index (χ4n) is 7.88. The van der Waals surface area contributed by atoms with Gasteiger partial charge in [0.1, 0.15) is 11.3 Å². The number of fused-ring (bicyclic) bond motifs is 2. The van der Waals surface area contributed by atoms with E-state index in [4.69, 9.17) is 14.4 Å². The van der Waals surface area contributed by atoms with E-state index in [1.807, 2.05) is 30.5 Å². The number of aryl methyl sites for hydroxylation is 1. The van der Waals surface area contributed by atoms with Crippen LogP contribution in [0.3, 0.4) is 0 Å². The van der Waals surface area contributed by atoms with Gasteiger partial charge in [-0.15, -0.1) is 29.3 Å². The molecular formula is C53H51N2O2Pt-. The molecule has 5 heteroatoms. The van der Waals surface area contributed by atoms with E-state index in [1.165, 1.54) is 16.7 Å². The molecule has 8 aromatic rings. The number of benzene rings is 6. The van der Waals surface area contributed by atoms with E-state index in [2.05, 4.69) is 160 Å². The largest absolute Gasteiger partial charge is 0.507 e. The van der Waals surface area contributed by atoms with Crippen LogP contribution in [0.1, 0.15) is 84.6 Å². The number of hydrogen-bond donors (Lipinski definition) is 1. The third-order valence-electron chi connectivity index (χ3n) is 11.2. The molecule has 0 aliphatic rings. The maximum atomic E-state index is 11.2. The number of oxazole rings is 1. The normalized spacial score (nSPS) is 12.2. The molecule has 0 spiro atoms. The molecule has 0 radical (unpaired) electrons.